The van der Waals surface area contributed by atoms with E-state index in [1.807, 2.05) is 24.3 Å². The second-order valence-electron chi connectivity index (χ2n) is 6.28. The van der Waals surface area contributed by atoms with Crippen molar-refractivity contribution >= 4 is 39.9 Å². The van der Waals surface area contributed by atoms with Crippen molar-refractivity contribution in [3.05, 3.63) is 63.8 Å². The van der Waals surface area contributed by atoms with E-state index in [-0.39, 0.29) is 18.8 Å². The first-order valence-corrected chi connectivity index (χ1v) is 9.67. The summed E-state index contributed by atoms with van der Waals surface area (Å²) in [5.74, 6) is -0.221. The van der Waals surface area contributed by atoms with Gasteiger partial charge in [0.05, 0.1) is 20.8 Å². The third-order valence-corrected chi connectivity index (χ3v) is 4.82. The van der Waals surface area contributed by atoms with Crippen LogP contribution in [0, 0.1) is 0 Å². The molecular formula is C21H19BrN2O6. The monoisotopic (exact) mass is 474 g/mol. The zero-order valence-electron chi connectivity index (χ0n) is 16.3. The second-order valence-corrected chi connectivity index (χ2v) is 7.20. The fourth-order valence-corrected chi connectivity index (χ4v) is 3.01. The van der Waals surface area contributed by atoms with Crippen LogP contribution in [0.1, 0.15) is 11.1 Å². The van der Waals surface area contributed by atoms with Gasteiger partial charge >= 0.3 is 12.0 Å². The molecule has 3 rings (SSSR count). The van der Waals surface area contributed by atoms with Crippen LogP contribution in [0.5, 0.6) is 11.5 Å². The van der Waals surface area contributed by atoms with Crippen LogP contribution in [0.4, 0.5) is 4.79 Å². The maximum Gasteiger partial charge on any atom is 0.343 e. The summed E-state index contributed by atoms with van der Waals surface area (Å²) in [5, 5.41) is 2.59. The van der Waals surface area contributed by atoms with Gasteiger partial charge in [-0.05, 0) is 41.5 Å². The number of esters is 1. The van der Waals surface area contributed by atoms with Crippen LogP contribution in [0.25, 0.3) is 6.08 Å². The maximum atomic E-state index is 12.7. The number of urea groups is 1. The molecule has 0 aromatic heterocycles. The SMILES string of the molecule is COC(=O)COc1ccc(/C=C2/NC(=O)N(Cc3ccc(Br)cc3)C2=O)cc1OC. The maximum absolute atomic E-state index is 12.7. The van der Waals surface area contributed by atoms with Crippen molar-refractivity contribution in [1.29, 1.82) is 0 Å². The van der Waals surface area contributed by atoms with Crippen molar-refractivity contribution in [1.82, 2.24) is 10.2 Å². The third kappa shape index (κ3) is 4.98. The van der Waals surface area contributed by atoms with E-state index in [0.717, 1.165) is 14.9 Å². The van der Waals surface area contributed by atoms with E-state index < -0.39 is 17.9 Å². The Balaban J connectivity index is 1.76. The van der Waals surface area contributed by atoms with E-state index in [0.29, 0.717) is 17.1 Å². The van der Waals surface area contributed by atoms with Crippen LogP contribution in [0.2, 0.25) is 0 Å². The third-order valence-electron chi connectivity index (χ3n) is 4.29. The molecule has 30 heavy (non-hydrogen) atoms. The average molecular weight is 475 g/mol. The molecule has 1 aliphatic rings. The Kier molecular flexibility index (Phi) is 6.73. The lowest BCUT2D eigenvalue weighted by Gasteiger charge is -2.12. The quantitative estimate of drug-likeness (QED) is 0.376. The molecule has 8 nitrogen and oxygen atoms in total. The normalized spacial score (nSPS) is 14.6. The lowest BCUT2D eigenvalue weighted by Crippen LogP contribution is -2.30. The minimum atomic E-state index is -0.520. The summed E-state index contributed by atoms with van der Waals surface area (Å²) in [5.41, 5.74) is 1.60. The number of amides is 3. The van der Waals surface area contributed by atoms with Crippen LogP contribution < -0.4 is 14.8 Å². The van der Waals surface area contributed by atoms with Crippen LogP contribution in [-0.2, 0) is 20.9 Å². The van der Waals surface area contributed by atoms with E-state index in [4.69, 9.17) is 9.47 Å². The molecule has 1 saturated heterocycles. The van der Waals surface area contributed by atoms with Crippen molar-refractivity contribution in [2.24, 2.45) is 0 Å². The molecule has 0 bridgehead atoms. The Labute approximate surface area is 181 Å². The molecule has 0 atom stereocenters. The first-order valence-electron chi connectivity index (χ1n) is 8.88. The lowest BCUT2D eigenvalue weighted by atomic mass is 10.1. The Bertz CT molecular complexity index is 1000. The van der Waals surface area contributed by atoms with E-state index in [1.54, 1.807) is 24.3 Å². The molecular weight excluding hydrogens is 456 g/mol. The van der Waals surface area contributed by atoms with Gasteiger partial charge in [0, 0.05) is 4.47 Å². The molecule has 2 aromatic carbocycles. The number of rotatable bonds is 7. The first-order chi connectivity index (χ1) is 14.4. The van der Waals surface area contributed by atoms with Crippen molar-refractivity contribution in [3.8, 4) is 11.5 Å². The predicted molar refractivity (Wildman–Crippen MR) is 112 cm³/mol. The number of carbonyl (C=O) groups excluding carboxylic acids is 3. The summed E-state index contributed by atoms with van der Waals surface area (Å²) in [6, 6.07) is 11.8. The van der Waals surface area contributed by atoms with Gasteiger partial charge in [-0.1, -0.05) is 34.1 Å². The first kappa shape index (κ1) is 21.4. The number of nitrogens with one attached hydrogen (secondary N) is 1. The highest BCUT2D eigenvalue weighted by atomic mass is 79.9. The Hall–Kier alpha value is -3.33. The molecule has 1 heterocycles. The summed E-state index contributed by atoms with van der Waals surface area (Å²) < 4.78 is 16.1. The molecule has 0 spiro atoms. The number of methoxy groups -OCH3 is 2. The summed E-state index contributed by atoms with van der Waals surface area (Å²) in [4.78, 5) is 37.3. The van der Waals surface area contributed by atoms with Crippen molar-refractivity contribution < 1.29 is 28.6 Å². The van der Waals surface area contributed by atoms with Crippen molar-refractivity contribution in [2.45, 2.75) is 6.54 Å². The number of ether oxygens (including phenoxy) is 3. The minimum Gasteiger partial charge on any atom is -0.493 e. The number of imide groups is 1. The van der Waals surface area contributed by atoms with Crippen LogP contribution in [0.15, 0.2) is 52.6 Å². The van der Waals surface area contributed by atoms with E-state index >= 15 is 0 Å². The predicted octanol–water partition coefficient (Wildman–Crippen LogP) is 3.10. The average Bonchev–Trinajstić information content (AvgIpc) is 3.01. The Morgan fingerprint density at radius 1 is 1.10 bits per heavy atom. The highest BCUT2D eigenvalue weighted by Gasteiger charge is 2.33. The Morgan fingerprint density at radius 2 is 1.83 bits per heavy atom. The molecule has 0 saturated carbocycles. The van der Waals surface area contributed by atoms with Crippen LogP contribution >= 0.6 is 15.9 Å². The number of hydrogen-bond donors (Lipinski definition) is 1. The standard InChI is InChI=1S/C21H19BrN2O6/c1-28-18-10-14(5-8-17(18)30-12-19(25)29-2)9-16-20(26)24(21(27)23-16)11-13-3-6-15(22)7-4-13/h3-10H,11-12H2,1-2H3,(H,23,27)/b16-9+. The fourth-order valence-electron chi connectivity index (χ4n) is 2.74. The van der Waals surface area contributed by atoms with Crippen molar-refractivity contribution in [3.63, 3.8) is 0 Å². The second kappa shape index (κ2) is 9.45. The highest BCUT2D eigenvalue weighted by molar-refractivity contribution is 9.10. The number of carbonyl (C=O) groups is 3. The van der Waals surface area contributed by atoms with Gasteiger partial charge in [0.15, 0.2) is 18.1 Å². The number of hydrogen-bond acceptors (Lipinski definition) is 6. The minimum absolute atomic E-state index is 0.155. The lowest BCUT2D eigenvalue weighted by molar-refractivity contribution is -0.142. The molecule has 3 amide bonds. The largest absolute Gasteiger partial charge is 0.493 e. The van der Waals surface area contributed by atoms with Gasteiger partial charge in [-0.25, -0.2) is 9.59 Å². The number of benzene rings is 2. The summed E-state index contributed by atoms with van der Waals surface area (Å²) in [6.45, 7) is -0.0915. The van der Waals surface area contributed by atoms with E-state index in [2.05, 4.69) is 26.0 Å². The zero-order valence-corrected chi connectivity index (χ0v) is 17.9. The molecule has 1 N–H and O–H groups in total. The van der Waals surface area contributed by atoms with Gasteiger partial charge in [0.2, 0.25) is 0 Å². The smallest absolute Gasteiger partial charge is 0.343 e. The topological polar surface area (TPSA) is 94.2 Å². The highest BCUT2D eigenvalue weighted by Crippen LogP contribution is 2.29. The molecule has 156 valence electrons. The van der Waals surface area contributed by atoms with Gasteiger partial charge in [-0.2, -0.15) is 0 Å². The molecule has 1 fully saturated rings. The fraction of sp³-hybridized carbons (Fsp3) is 0.190. The molecule has 0 radical (unpaired) electrons. The van der Waals surface area contributed by atoms with Gasteiger partial charge in [0.1, 0.15) is 5.70 Å². The van der Waals surface area contributed by atoms with Gasteiger partial charge in [-0.3, -0.25) is 9.69 Å². The Morgan fingerprint density at radius 3 is 2.50 bits per heavy atom. The molecule has 1 aliphatic heterocycles. The van der Waals surface area contributed by atoms with Gasteiger partial charge < -0.3 is 19.5 Å². The van der Waals surface area contributed by atoms with Gasteiger partial charge in [-0.15, -0.1) is 0 Å². The molecule has 2 aromatic rings. The number of nitrogens with zero attached hydrogens (tertiary/aromatic N) is 1. The molecule has 0 unspecified atom stereocenters. The molecule has 9 heteroatoms. The molecule has 0 aliphatic carbocycles. The van der Waals surface area contributed by atoms with E-state index in [1.165, 1.54) is 14.2 Å². The van der Waals surface area contributed by atoms with Gasteiger partial charge in [0.25, 0.3) is 5.91 Å². The number of halogens is 1. The van der Waals surface area contributed by atoms with Crippen LogP contribution in [0.3, 0.4) is 0 Å². The van der Waals surface area contributed by atoms with Crippen LogP contribution in [-0.4, -0.2) is 43.6 Å². The van der Waals surface area contributed by atoms with Crippen molar-refractivity contribution in [2.75, 3.05) is 20.8 Å². The summed E-state index contributed by atoms with van der Waals surface area (Å²) in [7, 11) is 2.73. The zero-order chi connectivity index (χ0) is 21.7. The summed E-state index contributed by atoms with van der Waals surface area (Å²) in [6.07, 6.45) is 1.55. The summed E-state index contributed by atoms with van der Waals surface area (Å²) >= 11 is 3.35. The van der Waals surface area contributed by atoms with E-state index in [9.17, 15) is 14.4 Å².